The van der Waals surface area contributed by atoms with Crippen molar-refractivity contribution in [3.05, 3.63) is 48.2 Å². The molecule has 3 aromatic heterocycles. The summed E-state index contributed by atoms with van der Waals surface area (Å²) in [7, 11) is 0. The highest BCUT2D eigenvalue weighted by Gasteiger charge is 2.25. The lowest BCUT2D eigenvalue weighted by Crippen LogP contribution is -2.51. The predicted molar refractivity (Wildman–Crippen MR) is 119 cm³/mol. The number of aromatic nitrogens is 6. The number of hydrogen-bond donors (Lipinski definition) is 2. The lowest BCUT2D eigenvalue weighted by Gasteiger charge is -2.36. The minimum atomic E-state index is -0.676. The zero-order valence-corrected chi connectivity index (χ0v) is 18.3. The van der Waals surface area contributed by atoms with Crippen LogP contribution in [0.5, 0.6) is 0 Å². The number of aliphatic hydroxyl groups is 1. The average Bonchev–Trinajstić information content (AvgIpc) is 3.10. The summed E-state index contributed by atoms with van der Waals surface area (Å²) in [6.45, 7) is 6.79. The first-order chi connectivity index (χ1) is 15.8. The van der Waals surface area contributed by atoms with Crippen molar-refractivity contribution in [1.29, 1.82) is 0 Å². The van der Waals surface area contributed by atoms with E-state index in [0.29, 0.717) is 36.1 Å². The second kappa shape index (κ2) is 8.00. The molecule has 0 spiro atoms. The van der Waals surface area contributed by atoms with Gasteiger partial charge in [-0.1, -0.05) is 0 Å². The number of nitrogens with zero attached hydrogens (tertiary/aromatic N) is 7. The molecule has 2 N–H and O–H groups in total. The highest BCUT2D eigenvalue weighted by Crippen LogP contribution is 2.30. The molecule has 4 aromatic rings. The van der Waals surface area contributed by atoms with Crippen molar-refractivity contribution in [2.45, 2.75) is 32.9 Å². The molecule has 1 fully saturated rings. The van der Waals surface area contributed by atoms with E-state index in [1.54, 1.807) is 12.3 Å². The van der Waals surface area contributed by atoms with Gasteiger partial charge in [0.05, 0.1) is 30.2 Å². The Balaban J connectivity index is 1.46. The van der Waals surface area contributed by atoms with Crippen LogP contribution in [0.1, 0.15) is 25.7 Å². The molecule has 0 aliphatic carbocycles. The Hall–Kier alpha value is -3.73. The number of imidazole rings is 1. The molecular weight excluding hydrogens is 430 g/mol. The Labute approximate surface area is 188 Å². The molecule has 0 bridgehead atoms. The third kappa shape index (κ3) is 3.84. The quantitative estimate of drug-likeness (QED) is 0.475. The van der Waals surface area contributed by atoms with E-state index in [4.69, 9.17) is 0 Å². The van der Waals surface area contributed by atoms with Gasteiger partial charge in [0, 0.05) is 24.7 Å². The Morgan fingerprint density at radius 2 is 1.82 bits per heavy atom. The predicted octanol–water partition coefficient (Wildman–Crippen LogP) is 3.38. The second-order valence-electron chi connectivity index (χ2n) is 8.28. The van der Waals surface area contributed by atoms with Crippen molar-refractivity contribution in [2.75, 3.05) is 23.3 Å². The molecule has 0 radical (unpaired) electrons. The average molecular weight is 452 g/mol. The zero-order chi connectivity index (χ0) is 23.3. The lowest BCUT2D eigenvalue weighted by atomic mass is 10.1. The number of nitrogens with one attached hydrogen (secondary N) is 1. The van der Waals surface area contributed by atoms with Gasteiger partial charge in [0.1, 0.15) is 22.9 Å². The summed E-state index contributed by atoms with van der Waals surface area (Å²) in [5.41, 5.74) is 1.05. The van der Waals surface area contributed by atoms with Gasteiger partial charge in [-0.15, -0.1) is 0 Å². The van der Waals surface area contributed by atoms with Crippen LogP contribution in [0.3, 0.4) is 0 Å². The van der Waals surface area contributed by atoms with Crippen LogP contribution in [-0.4, -0.2) is 53.8 Å². The van der Waals surface area contributed by atoms with E-state index in [0.717, 1.165) is 6.20 Å². The first-order valence-corrected chi connectivity index (χ1v) is 10.5. The maximum Gasteiger partial charge on any atom is 0.229 e. The van der Waals surface area contributed by atoms with Crippen LogP contribution in [0.15, 0.2) is 30.7 Å². The molecule has 0 atom stereocenters. The maximum atomic E-state index is 14.8. The van der Waals surface area contributed by atoms with Crippen LogP contribution in [0.4, 0.5) is 26.4 Å². The number of aryl methyl sites for hydroxylation is 1. The van der Waals surface area contributed by atoms with Crippen LogP contribution in [0.25, 0.3) is 22.3 Å². The van der Waals surface area contributed by atoms with Gasteiger partial charge in [-0.05, 0) is 32.9 Å². The summed E-state index contributed by atoms with van der Waals surface area (Å²) >= 11 is 0. The molecule has 1 aliphatic heterocycles. The SMILES string of the molecule is Cc1nc2c(F)cc(-c3nc(Nc4cnc(N5CC(O)C5)cn4)ncc3F)cc2n1C(C)C. The summed E-state index contributed by atoms with van der Waals surface area (Å²) in [4.78, 5) is 23.0. The largest absolute Gasteiger partial charge is 0.389 e. The van der Waals surface area contributed by atoms with Gasteiger partial charge in [0.2, 0.25) is 5.95 Å². The Morgan fingerprint density at radius 1 is 1.03 bits per heavy atom. The van der Waals surface area contributed by atoms with E-state index in [-0.39, 0.29) is 34.9 Å². The van der Waals surface area contributed by atoms with Crippen LogP contribution in [0, 0.1) is 18.6 Å². The van der Waals surface area contributed by atoms with Crippen molar-refractivity contribution >= 4 is 28.6 Å². The Bertz CT molecular complexity index is 1330. The molecule has 11 heteroatoms. The third-order valence-electron chi connectivity index (χ3n) is 5.52. The van der Waals surface area contributed by atoms with Crippen molar-refractivity contribution in [2.24, 2.45) is 0 Å². The smallest absolute Gasteiger partial charge is 0.229 e. The fraction of sp³-hybridized carbons (Fsp3) is 0.318. The number of fused-ring (bicyclic) bond motifs is 1. The fourth-order valence-electron chi connectivity index (χ4n) is 3.99. The van der Waals surface area contributed by atoms with E-state index in [9.17, 15) is 13.9 Å². The topological polar surface area (TPSA) is 105 Å². The highest BCUT2D eigenvalue weighted by atomic mass is 19.1. The standard InChI is InChI=1S/C22H22F2N8O/c1-11(2)32-12(3)28-21-15(23)4-13(5-17(21)32)20-16(24)6-27-22(30-20)29-18-7-26-19(8-25-18)31-9-14(33)10-31/h4-8,11,14,33H,9-10H2,1-3H3,(H,25,27,29,30). The fourth-order valence-corrected chi connectivity index (χ4v) is 3.99. The van der Waals surface area contributed by atoms with Gasteiger partial charge >= 0.3 is 0 Å². The van der Waals surface area contributed by atoms with E-state index in [1.165, 1.54) is 12.3 Å². The monoisotopic (exact) mass is 452 g/mol. The van der Waals surface area contributed by atoms with Gasteiger partial charge in [-0.2, -0.15) is 0 Å². The van der Waals surface area contributed by atoms with Gasteiger partial charge in [0.25, 0.3) is 0 Å². The lowest BCUT2D eigenvalue weighted by molar-refractivity contribution is 0.141. The number of anilines is 3. The number of halogens is 2. The van der Waals surface area contributed by atoms with E-state index >= 15 is 0 Å². The molecule has 1 aliphatic rings. The summed E-state index contributed by atoms with van der Waals surface area (Å²) < 4.78 is 31.4. The van der Waals surface area contributed by atoms with Gasteiger partial charge in [0.15, 0.2) is 17.5 Å². The van der Waals surface area contributed by atoms with Gasteiger partial charge < -0.3 is 19.9 Å². The van der Waals surface area contributed by atoms with Crippen LogP contribution in [-0.2, 0) is 0 Å². The summed E-state index contributed by atoms with van der Waals surface area (Å²) in [6, 6.07) is 2.97. The van der Waals surface area contributed by atoms with Crippen LogP contribution < -0.4 is 10.2 Å². The highest BCUT2D eigenvalue weighted by molar-refractivity contribution is 5.83. The molecule has 0 amide bonds. The van der Waals surface area contributed by atoms with E-state index in [2.05, 4.69) is 30.2 Å². The van der Waals surface area contributed by atoms with Crippen molar-refractivity contribution in [3.63, 3.8) is 0 Å². The van der Waals surface area contributed by atoms with E-state index in [1.807, 2.05) is 30.2 Å². The number of benzene rings is 1. The molecule has 1 aromatic carbocycles. The van der Waals surface area contributed by atoms with Crippen molar-refractivity contribution < 1.29 is 13.9 Å². The van der Waals surface area contributed by atoms with Crippen molar-refractivity contribution in [3.8, 4) is 11.3 Å². The van der Waals surface area contributed by atoms with Gasteiger partial charge in [-0.25, -0.2) is 33.7 Å². The third-order valence-corrected chi connectivity index (χ3v) is 5.52. The zero-order valence-electron chi connectivity index (χ0n) is 18.3. The number of aliphatic hydroxyl groups excluding tert-OH is 1. The van der Waals surface area contributed by atoms with Crippen LogP contribution >= 0.6 is 0 Å². The molecule has 33 heavy (non-hydrogen) atoms. The molecule has 170 valence electrons. The normalized spacial score (nSPS) is 14.2. The molecule has 1 saturated heterocycles. The van der Waals surface area contributed by atoms with Crippen molar-refractivity contribution in [1.82, 2.24) is 29.5 Å². The molecule has 0 unspecified atom stereocenters. The van der Waals surface area contributed by atoms with E-state index < -0.39 is 11.6 Å². The summed E-state index contributed by atoms with van der Waals surface area (Å²) in [5.74, 6) is 0.567. The number of rotatable bonds is 5. The Kier molecular flexibility index (Phi) is 5.12. The first kappa shape index (κ1) is 21.1. The Morgan fingerprint density at radius 3 is 2.48 bits per heavy atom. The molecule has 9 nitrogen and oxygen atoms in total. The minimum absolute atomic E-state index is 0.0402. The number of hydrogen-bond acceptors (Lipinski definition) is 8. The maximum absolute atomic E-state index is 14.8. The molecule has 5 rings (SSSR count). The molecular formula is C22H22F2N8O. The van der Waals surface area contributed by atoms with Gasteiger partial charge in [-0.3, -0.25) is 0 Å². The second-order valence-corrected chi connectivity index (χ2v) is 8.28. The van der Waals surface area contributed by atoms with Crippen LogP contribution in [0.2, 0.25) is 0 Å². The molecule has 0 saturated carbocycles. The summed E-state index contributed by atoms with van der Waals surface area (Å²) in [5, 5.41) is 12.3. The minimum Gasteiger partial charge on any atom is -0.389 e. The number of β-amino-alcohol motifs (C(OH)–C–C–N with tert-alkyl or cyclic N) is 1. The summed E-state index contributed by atoms with van der Waals surface area (Å²) in [6.07, 6.45) is 3.75. The first-order valence-electron chi connectivity index (χ1n) is 10.5. The molecule has 4 heterocycles.